The third-order valence-electron chi connectivity index (χ3n) is 3.16. The Hall–Kier alpha value is -1.74. The maximum absolute atomic E-state index is 12.3. The summed E-state index contributed by atoms with van der Waals surface area (Å²) in [6.07, 6.45) is 3.64. The SMILES string of the molecule is Cc1nc(NC(=O)c2ccccc2I)sc1-c1nccn1C. The first-order chi connectivity index (χ1) is 10.6. The van der Waals surface area contributed by atoms with Gasteiger partial charge in [0.15, 0.2) is 11.0 Å². The standard InChI is InChI=1S/C15H13IN4OS/c1-9-12(13-17-7-8-20(13)2)22-15(18-9)19-14(21)10-5-3-4-6-11(10)16/h3-8H,1-2H3,(H,18,19,21). The Morgan fingerprint density at radius 3 is 2.82 bits per heavy atom. The monoisotopic (exact) mass is 424 g/mol. The normalized spacial score (nSPS) is 10.7. The maximum Gasteiger partial charge on any atom is 0.258 e. The average molecular weight is 424 g/mol. The van der Waals surface area contributed by atoms with Gasteiger partial charge in [-0.2, -0.15) is 0 Å². The number of imidazole rings is 1. The largest absolute Gasteiger partial charge is 0.333 e. The highest BCUT2D eigenvalue weighted by Crippen LogP contribution is 2.31. The van der Waals surface area contributed by atoms with E-state index in [2.05, 4.69) is 37.9 Å². The van der Waals surface area contributed by atoms with Crippen molar-refractivity contribution in [2.45, 2.75) is 6.92 Å². The summed E-state index contributed by atoms with van der Waals surface area (Å²) in [5.41, 5.74) is 1.51. The molecule has 3 aromatic rings. The molecule has 7 heteroatoms. The fraction of sp³-hybridized carbons (Fsp3) is 0.133. The van der Waals surface area contributed by atoms with Crippen molar-refractivity contribution in [2.24, 2.45) is 7.05 Å². The highest BCUT2D eigenvalue weighted by Gasteiger charge is 2.16. The topological polar surface area (TPSA) is 59.8 Å². The second-order valence-corrected chi connectivity index (χ2v) is 6.89. The molecule has 0 aliphatic heterocycles. The predicted octanol–water partition coefficient (Wildman–Crippen LogP) is 3.71. The molecular weight excluding hydrogens is 411 g/mol. The number of rotatable bonds is 3. The lowest BCUT2D eigenvalue weighted by atomic mass is 10.2. The maximum atomic E-state index is 12.3. The lowest BCUT2D eigenvalue weighted by Gasteiger charge is -2.03. The van der Waals surface area contributed by atoms with Crippen LogP contribution < -0.4 is 5.32 Å². The molecule has 2 heterocycles. The third kappa shape index (κ3) is 2.91. The quantitative estimate of drug-likeness (QED) is 0.653. The van der Waals surface area contributed by atoms with Gasteiger partial charge in [0.25, 0.3) is 5.91 Å². The minimum atomic E-state index is -0.148. The van der Waals surface area contributed by atoms with E-state index in [-0.39, 0.29) is 5.91 Å². The summed E-state index contributed by atoms with van der Waals surface area (Å²) >= 11 is 3.58. The van der Waals surface area contributed by atoms with Gasteiger partial charge in [0.1, 0.15) is 0 Å². The predicted molar refractivity (Wildman–Crippen MR) is 96.2 cm³/mol. The second kappa shape index (κ2) is 6.17. The van der Waals surface area contributed by atoms with Gasteiger partial charge in [0.2, 0.25) is 0 Å². The molecule has 5 nitrogen and oxygen atoms in total. The molecule has 0 radical (unpaired) electrons. The van der Waals surface area contributed by atoms with E-state index in [1.54, 1.807) is 12.3 Å². The van der Waals surface area contributed by atoms with Crippen molar-refractivity contribution in [1.82, 2.24) is 14.5 Å². The summed E-state index contributed by atoms with van der Waals surface area (Å²) in [4.78, 5) is 22.1. The number of halogens is 1. The van der Waals surface area contributed by atoms with E-state index in [9.17, 15) is 4.79 Å². The molecule has 2 aromatic heterocycles. The van der Waals surface area contributed by atoms with Crippen molar-refractivity contribution < 1.29 is 4.79 Å². The van der Waals surface area contributed by atoms with Crippen molar-refractivity contribution in [2.75, 3.05) is 5.32 Å². The molecule has 0 saturated carbocycles. The molecule has 0 saturated heterocycles. The Morgan fingerprint density at radius 1 is 1.36 bits per heavy atom. The highest BCUT2D eigenvalue weighted by molar-refractivity contribution is 14.1. The first kappa shape index (κ1) is 15.2. The van der Waals surface area contributed by atoms with Crippen LogP contribution in [-0.2, 0) is 7.05 Å². The molecule has 3 rings (SSSR count). The number of aromatic nitrogens is 3. The molecule has 0 atom stereocenters. The number of benzene rings is 1. The van der Waals surface area contributed by atoms with E-state index in [4.69, 9.17) is 0 Å². The van der Waals surface area contributed by atoms with Crippen molar-refractivity contribution in [1.29, 1.82) is 0 Å². The van der Waals surface area contributed by atoms with Gasteiger partial charge in [-0.1, -0.05) is 23.5 Å². The van der Waals surface area contributed by atoms with Gasteiger partial charge in [-0.25, -0.2) is 9.97 Å². The van der Waals surface area contributed by atoms with Crippen molar-refractivity contribution in [3.63, 3.8) is 0 Å². The zero-order valence-electron chi connectivity index (χ0n) is 12.0. The van der Waals surface area contributed by atoms with Crippen LogP contribution in [-0.4, -0.2) is 20.4 Å². The van der Waals surface area contributed by atoms with Crippen molar-refractivity contribution >= 4 is 45.0 Å². The molecule has 0 unspecified atom stereocenters. The number of carbonyl (C=O) groups is 1. The number of hydrogen-bond donors (Lipinski definition) is 1. The zero-order chi connectivity index (χ0) is 15.7. The molecule has 0 aliphatic carbocycles. The van der Waals surface area contributed by atoms with Crippen LogP contribution in [0.4, 0.5) is 5.13 Å². The van der Waals surface area contributed by atoms with Gasteiger partial charge in [-0.05, 0) is 41.6 Å². The summed E-state index contributed by atoms with van der Waals surface area (Å²) in [5, 5.41) is 3.45. The number of nitrogens with zero attached hydrogens (tertiary/aromatic N) is 3. The fourth-order valence-corrected chi connectivity index (χ4v) is 3.68. The molecule has 0 bridgehead atoms. The number of anilines is 1. The second-order valence-electron chi connectivity index (χ2n) is 4.73. The van der Waals surface area contributed by atoms with Crippen molar-refractivity contribution in [3.05, 3.63) is 51.5 Å². The summed E-state index contributed by atoms with van der Waals surface area (Å²) in [6, 6.07) is 7.47. The van der Waals surface area contributed by atoms with Crippen LogP contribution in [0.2, 0.25) is 0 Å². The van der Waals surface area contributed by atoms with Crippen LogP contribution >= 0.6 is 33.9 Å². The van der Waals surface area contributed by atoms with E-state index in [1.165, 1.54) is 11.3 Å². The van der Waals surface area contributed by atoms with Crippen LogP contribution in [0.3, 0.4) is 0 Å². The van der Waals surface area contributed by atoms with Crippen LogP contribution in [0.1, 0.15) is 16.1 Å². The van der Waals surface area contributed by atoms with Crippen LogP contribution in [0.15, 0.2) is 36.7 Å². The lowest BCUT2D eigenvalue weighted by Crippen LogP contribution is -2.13. The Balaban J connectivity index is 1.87. The molecule has 0 fully saturated rings. The lowest BCUT2D eigenvalue weighted by molar-refractivity contribution is 0.102. The number of amides is 1. The number of carbonyl (C=O) groups excluding carboxylic acids is 1. The van der Waals surface area contributed by atoms with Gasteiger partial charge < -0.3 is 4.57 Å². The molecule has 1 aromatic carbocycles. The number of nitrogens with one attached hydrogen (secondary N) is 1. The fourth-order valence-electron chi connectivity index (χ4n) is 2.05. The minimum absolute atomic E-state index is 0.148. The molecule has 112 valence electrons. The van der Waals surface area contributed by atoms with Crippen LogP contribution in [0.5, 0.6) is 0 Å². The van der Waals surface area contributed by atoms with Gasteiger partial charge in [-0.15, -0.1) is 0 Å². The van der Waals surface area contributed by atoms with Crippen molar-refractivity contribution in [3.8, 4) is 10.7 Å². The summed E-state index contributed by atoms with van der Waals surface area (Å²) < 4.78 is 2.85. The van der Waals surface area contributed by atoms with E-state index >= 15 is 0 Å². The smallest absolute Gasteiger partial charge is 0.258 e. The molecule has 0 spiro atoms. The Morgan fingerprint density at radius 2 is 2.14 bits per heavy atom. The van der Waals surface area contributed by atoms with Crippen LogP contribution in [0, 0.1) is 10.5 Å². The van der Waals surface area contributed by atoms with E-state index in [0.717, 1.165) is 20.0 Å². The van der Waals surface area contributed by atoms with Gasteiger partial charge in [-0.3, -0.25) is 10.1 Å². The zero-order valence-corrected chi connectivity index (χ0v) is 15.0. The van der Waals surface area contributed by atoms with Gasteiger partial charge >= 0.3 is 0 Å². The third-order valence-corrected chi connectivity index (χ3v) is 5.17. The van der Waals surface area contributed by atoms with E-state index < -0.39 is 0 Å². The molecule has 1 N–H and O–H groups in total. The summed E-state index contributed by atoms with van der Waals surface area (Å²) in [5.74, 6) is 0.704. The van der Waals surface area contributed by atoms with Gasteiger partial charge in [0, 0.05) is 23.0 Å². The Bertz CT molecular complexity index is 840. The van der Waals surface area contributed by atoms with Gasteiger partial charge in [0.05, 0.1) is 16.1 Å². The van der Waals surface area contributed by atoms with E-state index in [0.29, 0.717) is 10.7 Å². The summed E-state index contributed by atoms with van der Waals surface area (Å²) in [6.45, 7) is 1.92. The molecule has 1 amide bonds. The first-order valence-electron chi connectivity index (χ1n) is 6.57. The molecule has 0 aliphatic rings. The first-order valence-corrected chi connectivity index (χ1v) is 8.47. The average Bonchev–Trinajstić information content (AvgIpc) is 3.05. The Kier molecular flexibility index (Phi) is 4.25. The summed E-state index contributed by atoms with van der Waals surface area (Å²) in [7, 11) is 1.94. The van der Waals surface area contributed by atoms with Crippen LogP contribution in [0.25, 0.3) is 10.7 Å². The molecule has 22 heavy (non-hydrogen) atoms. The van der Waals surface area contributed by atoms with E-state index in [1.807, 2.05) is 42.9 Å². The number of hydrogen-bond acceptors (Lipinski definition) is 4. The number of thiazole rings is 1. The highest BCUT2D eigenvalue weighted by atomic mass is 127. The molecular formula is C15H13IN4OS. The Labute approximate surface area is 145 Å². The number of aryl methyl sites for hydroxylation is 2. The minimum Gasteiger partial charge on any atom is -0.333 e.